The Morgan fingerprint density at radius 2 is 1.52 bits per heavy atom. The lowest BCUT2D eigenvalue weighted by atomic mass is 10.1. The molecule has 25 heavy (non-hydrogen) atoms. The van der Waals surface area contributed by atoms with Gasteiger partial charge in [-0.2, -0.15) is 5.10 Å². The minimum atomic E-state index is -0.533. The molecule has 0 atom stereocenters. The van der Waals surface area contributed by atoms with Crippen LogP contribution in [0.3, 0.4) is 0 Å². The molecule has 2 rings (SSSR count). The lowest BCUT2D eigenvalue weighted by molar-refractivity contribution is -0.384. The van der Waals surface area contributed by atoms with E-state index in [-0.39, 0.29) is 17.2 Å². The highest BCUT2D eigenvalue weighted by Crippen LogP contribution is 2.12. The van der Waals surface area contributed by atoms with E-state index in [0.29, 0.717) is 11.4 Å². The average Bonchev–Trinajstić information content (AvgIpc) is 2.59. The summed E-state index contributed by atoms with van der Waals surface area (Å²) in [5, 5.41) is 17.3. The van der Waals surface area contributed by atoms with Gasteiger partial charge in [0.1, 0.15) is 0 Å². The average molecular weight is 340 g/mol. The largest absolute Gasteiger partial charge is 0.326 e. The van der Waals surface area contributed by atoms with Gasteiger partial charge in [-0.25, -0.2) is 5.43 Å². The molecular weight excluding hydrogens is 324 g/mol. The van der Waals surface area contributed by atoms with E-state index in [2.05, 4.69) is 15.8 Å². The smallest absolute Gasteiger partial charge is 0.271 e. The summed E-state index contributed by atoms with van der Waals surface area (Å²) in [5.74, 6) is -0.627. The summed E-state index contributed by atoms with van der Waals surface area (Å²) in [4.78, 5) is 33.0. The van der Waals surface area contributed by atoms with Crippen molar-refractivity contribution in [3.05, 3.63) is 69.8 Å². The predicted molar refractivity (Wildman–Crippen MR) is 93.5 cm³/mol. The monoisotopic (exact) mass is 340 g/mol. The van der Waals surface area contributed by atoms with Crippen LogP contribution in [0.4, 0.5) is 11.4 Å². The lowest BCUT2D eigenvalue weighted by Crippen LogP contribution is -2.19. The minimum absolute atomic E-state index is 0.0875. The fraction of sp³-hybridized carbons (Fsp3) is 0.118. The van der Waals surface area contributed by atoms with Gasteiger partial charge in [0.2, 0.25) is 5.91 Å². The van der Waals surface area contributed by atoms with Crippen molar-refractivity contribution in [2.45, 2.75) is 13.8 Å². The third-order valence-corrected chi connectivity index (χ3v) is 3.29. The number of anilines is 1. The van der Waals surface area contributed by atoms with Crippen molar-refractivity contribution in [1.29, 1.82) is 0 Å². The molecule has 0 spiro atoms. The van der Waals surface area contributed by atoms with Crippen LogP contribution in [0, 0.1) is 10.1 Å². The lowest BCUT2D eigenvalue weighted by Gasteiger charge is -2.05. The molecule has 8 heteroatoms. The van der Waals surface area contributed by atoms with E-state index >= 15 is 0 Å². The van der Waals surface area contributed by atoms with Gasteiger partial charge in [-0.1, -0.05) is 12.1 Å². The molecule has 2 amide bonds. The molecule has 0 aliphatic heterocycles. The summed E-state index contributed by atoms with van der Waals surface area (Å²) in [6.07, 6.45) is 0. The summed E-state index contributed by atoms with van der Waals surface area (Å²) in [6.45, 7) is 3.15. The molecule has 2 N–H and O–H groups in total. The van der Waals surface area contributed by atoms with E-state index < -0.39 is 10.8 Å². The molecule has 0 saturated carbocycles. The van der Waals surface area contributed by atoms with Gasteiger partial charge < -0.3 is 5.32 Å². The van der Waals surface area contributed by atoms with Gasteiger partial charge in [0.15, 0.2) is 0 Å². The summed E-state index contributed by atoms with van der Waals surface area (Å²) < 4.78 is 0. The molecule has 0 unspecified atom stereocenters. The maximum Gasteiger partial charge on any atom is 0.271 e. The quantitative estimate of drug-likeness (QED) is 0.495. The SMILES string of the molecule is CC(=O)Nc1ccc(C(C)=NNC(=O)c2ccc([N+](=O)[O-])cc2)cc1. The molecule has 8 nitrogen and oxygen atoms in total. The van der Waals surface area contributed by atoms with E-state index in [1.165, 1.54) is 31.2 Å². The standard InChI is InChI=1S/C17H16N4O4/c1-11(13-3-7-15(8-4-13)18-12(2)22)19-20-17(23)14-5-9-16(10-6-14)21(24)25/h3-10H,1-2H3,(H,18,22)(H,20,23). The molecule has 0 aliphatic rings. The van der Waals surface area contributed by atoms with Crippen LogP contribution < -0.4 is 10.7 Å². The van der Waals surface area contributed by atoms with Crippen LogP contribution in [-0.4, -0.2) is 22.4 Å². The highest BCUT2D eigenvalue weighted by molar-refractivity contribution is 6.01. The summed E-state index contributed by atoms with van der Waals surface area (Å²) in [5.41, 5.74) is 4.60. The maximum atomic E-state index is 12.0. The number of nitrogens with zero attached hydrogens (tertiary/aromatic N) is 2. The number of carbonyl (C=O) groups is 2. The van der Waals surface area contributed by atoms with Crippen molar-refractivity contribution in [2.75, 3.05) is 5.32 Å². The van der Waals surface area contributed by atoms with Crippen molar-refractivity contribution in [1.82, 2.24) is 5.43 Å². The van der Waals surface area contributed by atoms with Crippen LogP contribution >= 0.6 is 0 Å². The molecule has 0 aromatic heterocycles. The molecule has 0 aliphatic carbocycles. The van der Waals surface area contributed by atoms with Crippen molar-refractivity contribution in [2.24, 2.45) is 5.10 Å². The van der Waals surface area contributed by atoms with E-state index in [1.54, 1.807) is 31.2 Å². The number of hydrogen-bond donors (Lipinski definition) is 2. The molecule has 0 heterocycles. The Morgan fingerprint density at radius 1 is 0.960 bits per heavy atom. The van der Waals surface area contributed by atoms with E-state index in [4.69, 9.17) is 0 Å². The zero-order chi connectivity index (χ0) is 18.4. The van der Waals surface area contributed by atoms with Crippen LogP contribution in [0.25, 0.3) is 0 Å². The second-order valence-corrected chi connectivity index (χ2v) is 5.20. The van der Waals surface area contributed by atoms with Gasteiger partial charge in [-0.3, -0.25) is 19.7 Å². The summed E-state index contributed by atoms with van der Waals surface area (Å²) in [7, 11) is 0. The van der Waals surface area contributed by atoms with Crippen molar-refractivity contribution < 1.29 is 14.5 Å². The number of nitro groups is 1. The van der Waals surface area contributed by atoms with E-state index in [1.807, 2.05) is 0 Å². The Bertz CT molecular complexity index is 827. The van der Waals surface area contributed by atoms with Gasteiger partial charge in [0.05, 0.1) is 10.6 Å². The first kappa shape index (κ1) is 17.8. The Balaban J connectivity index is 2.03. The maximum absolute atomic E-state index is 12.0. The first-order valence-corrected chi connectivity index (χ1v) is 7.34. The third-order valence-electron chi connectivity index (χ3n) is 3.29. The Morgan fingerprint density at radius 3 is 2.04 bits per heavy atom. The molecule has 128 valence electrons. The summed E-state index contributed by atoms with van der Waals surface area (Å²) >= 11 is 0. The number of rotatable bonds is 5. The predicted octanol–water partition coefficient (Wildman–Crippen LogP) is 2.71. The number of hydrogen-bond acceptors (Lipinski definition) is 5. The number of amides is 2. The number of non-ortho nitro benzene ring substituents is 1. The Kier molecular flexibility index (Phi) is 5.57. The number of benzene rings is 2. The Labute approximate surface area is 143 Å². The van der Waals surface area contributed by atoms with Crippen LogP contribution in [0.15, 0.2) is 53.6 Å². The molecule has 0 radical (unpaired) electrons. The minimum Gasteiger partial charge on any atom is -0.326 e. The van der Waals surface area contributed by atoms with Gasteiger partial charge in [-0.05, 0) is 36.8 Å². The highest BCUT2D eigenvalue weighted by Gasteiger charge is 2.09. The van der Waals surface area contributed by atoms with Crippen LogP contribution in [0.1, 0.15) is 29.8 Å². The first-order chi connectivity index (χ1) is 11.9. The molecule has 0 fully saturated rings. The van der Waals surface area contributed by atoms with Crippen LogP contribution in [-0.2, 0) is 4.79 Å². The van der Waals surface area contributed by atoms with E-state index in [0.717, 1.165) is 5.56 Å². The molecular formula is C17H16N4O4. The highest BCUT2D eigenvalue weighted by atomic mass is 16.6. The van der Waals surface area contributed by atoms with Gasteiger partial charge >= 0.3 is 0 Å². The second-order valence-electron chi connectivity index (χ2n) is 5.20. The van der Waals surface area contributed by atoms with E-state index in [9.17, 15) is 19.7 Å². The topological polar surface area (TPSA) is 114 Å². The number of nitrogens with one attached hydrogen (secondary N) is 2. The van der Waals surface area contributed by atoms with Gasteiger partial charge in [0, 0.05) is 30.3 Å². The van der Waals surface area contributed by atoms with Crippen LogP contribution in [0.2, 0.25) is 0 Å². The normalized spacial score (nSPS) is 10.9. The molecule has 0 saturated heterocycles. The number of carbonyl (C=O) groups excluding carboxylic acids is 2. The fourth-order valence-corrected chi connectivity index (χ4v) is 2.00. The van der Waals surface area contributed by atoms with Crippen molar-refractivity contribution in [3.63, 3.8) is 0 Å². The summed E-state index contributed by atoms with van der Waals surface area (Å²) in [6, 6.07) is 12.2. The number of nitro benzene ring substituents is 1. The van der Waals surface area contributed by atoms with Gasteiger partial charge in [0.25, 0.3) is 11.6 Å². The first-order valence-electron chi connectivity index (χ1n) is 7.34. The second kappa shape index (κ2) is 7.82. The zero-order valence-corrected chi connectivity index (χ0v) is 13.6. The molecule has 2 aromatic carbocycles. The van der Waals surface area contributed by atoms with Crippen molar-refractivity contribution in [3.8, 4) is 0 Å². The third kappa shape index (κ3) is 4.96. The van der Waals surface area contributed by atoms with Crippen molar-refractivity contribution >= 4 is 28.9 Å². The Hall–Kier alpha value is -3.55. The molecule has 2 aromatic rings. The molecule has 0 bridgehead atoms. The zero-order valence-electron chi connectivity index (χ0n) is 13.6. The fourth-order valence-electron chi connectivity index (χ4n) is 2.00. The van der Waals surface area contributed by atoms with Crippen LogP contribution in [0.5, 0.6) is 0 Å². The van der Waals surface area contributed by atoms with Gasteiger partial charge in [-0.15, -0.1) is 0 Å². The number of hydrazone groups is 1.